The second-order valence-corrected chi connectivity index (χ2v) is 7.88. The van der Waals surface area contributed by atoms with Gasteiger partial charge < -0.3 is 13.9 Å². The number of hydrogen-bond acceptors (Lipinski definition) is 5. The molecule has 1 heterocycles. The third kappa shape index (κ3) is 4.39. The standard InChI is InChI=1S/C25H19BrO5/c1-15-24(17-5-9-19(29-2)10-6-17)25(28)21-12-11-20(13-23(21)31-15)30-14-22(27)16-3-7-18(26)8-4-16/h3-13H,14H2,1-2H3. The van der Waals surface area contributed by atoms with Gasteiger partial charge in [0.15, 0.2) is 12.4 Å². The summed E-state index contributed by atoms with van der Waals surface area (Å²) < 4.78 is 17.7. The van der Waals surface area contributed by atoms with E-state index in [-0.39, 0.29) is 17.8 Å². The molecular weight excluding hydrogens is 460 g/mol. The molecule has 0 unspecified atom stereocenters. The Balaban J connectivity index is 1.60. The van der Waals surface area contributed by atoms with Gasteiger partial charge in [0.2, 0.25) is 5.43 Å². The van der Waals surface area contributed by atoms with Crippen LogP contribution >= 0.6 is 15.9 Å². The van der Waals surface area contributed by atoms with Crippen LogP contribution in [0.15, 0.2) is 80.4 Å². The minimum atomic E-state index is -0.139. The number of hydrogen-bond donors (Lipinski definition) is 0. The molecule has 0 bridgehead atoms. The zero-order chi connectivity index (χ0) is 22.0. The van der Waals surface area contributed by atoms with Crippen LogP contribution in [0.3, 0.4) is 0 Å². The molecule has 0 N–H and O–H groups in total. The molecule has 156 valence electrons. The Morgan fingerprint density at radius 2 is 1.65 bits per heavy atom. The van der Waals surface area contributed by atoms with Crippen LogP contribution in [0.5, 0.6) is 11.5 Å². The molecule has 0 aliphatic carbocycles. The summed E-state index contributed by atoms with van der Waals surface area (Å²) in [5, 5.41) is 0.447. The number of Topliss-reactive ketones (excluding diaryl/α,β-unsaturated/α-hetero) is 1. The molecule has 0 aliphatic rings. The maximum Gasteiger partial charge on any atom is 0.200 e. The third-order valence-corrected chi connectivity index (χ3v) is 5.48. The van der Waals surface area contributed by atoms with Crippen LogP contribution in [-0.2, 0) is 0 Å². The van der Waals surface area contributed by atoms with Gasteiger partial charge in [-0.1, -0.05) is 40.2 Å². The van der Waals surface area contributed by atoms with Crippen LogP contribution in [0.1, 0.15) is 16.1 Å². The summed E-state index contributed by atoms with van der Waals surface area (Å²) in [7, 11) is 1.59. The molecule has 5 nitrogen and oxygen atoms in total. The van der Waals surface area contributed by atoms with Gasteiger partial charge in [-0.05, 0) is 48.9 Å². The normalized spacial score (nSPS) is 10.8. The fraction of sp³-hybridized carbons (Fsp3) is 0.120. The molecule has 6 heteroatoms. The predicted octanol–water partition coefficient (Wildman–Crippen LogP) is 5.80. The lowest BCUT2D eigenvalue weighted by molar-refractivity contribution is 0.0921. The van der Waals surface area contributed by atoms with Crippen LogP contribution in [0, 0.1) is 6.92 Å². The number of carbonyl (C=O) groups excluding carboxylic acids is 1. The molecule has 31 heavy (non-hydrogen) atoms. The van der Waals surface area contributed by atoms with Crippen molar-refractivity contribution < 1.29 is 18.7 Å². The molecule has 0 atom stereocenters. The molecular formula is C25H19BrO5. The van der Waals surface area contributed by atoms with Crippen molar-refractivity contribution in [2.24, 2.45) is 0 Å². The number of halogens is 1. The molecule has 0 spiro atoms. The summed E-state index contributed by atoms with van der Waals surface area (Å²) in [6, 6.07) is 19.3. The molecule has 3 aromatic carbocycles. The topological polar surface area (TPSA) is 65.7 Å². The van der Waals surface area contributed by atoms with E-state index in [0.717, 1.165) is 10.0 Å². The van der Waals surface area contributed by atoms with Gasteiger partial charge in [-0.15, -0.1) is 0 Å². The van der Waals surface area contributed by atoms with Gasteiger partial charge in [-0.2, -0.15) is 0 Å². The van der Waals surface area contributed by atoms with Crippen molar-refractivity contribution in [3.8, 4) is 22.6 Å². The first-order chi connectivity index (χ1) is 15.0. The first-order valence-corrected chi connectivity index (χ1v) is 10.4. The summed E-state index contributed by atoms with van der Waals surface area (Å²) in [5.74, 6) is 1.54. The van der Waals surface area contributed by atoms with Crippen LogP contribution in [0.2, 0.25) is 0 Å². The number of ketones is 1. The van der Waals surface area contributed by atoms with Crippen molar-refractivity contribution >= 4 is 32.7 Å². The lowest BCUT2D eigenvalue weighted by atomic mass is 10.0. The minimum Gasteiger partial charge on any atom is -0.497 e. The number of aryl methyl sites for hydroxylation is 1. The average Bonchev–Trinajstić information content (AvgIpc) is 2.78. The van der Waals surface area contributed by atoms with Crippen LogP contribution in [0.25, 0.3) is 22.1 Å². The van der Waals surface area contributed by atoms with Crippen LogP contribution in [-0.4, -0.2) is 19.5 Å². The van der Waals surface area contributed by atoms with E-state index in [1.54, 1.807) is 68.6 Å². The van der Waals surface area contributed by atoms with Gasteiger partial charge in [0, 0.05) is 16.1 Å². The molecule has 4 rings (SSSR count). The maximum atomic E-state index is 13.1. The number of rotatable bonds is 6. The summed E-state index contributed by atoms with van der Waals surface area (Å²) in [6.07, 6.45) is 0. The largest absolute Gasteiger partial charge is 0.497 e. The van der Waals surface area contributed by atoms with Crippen molar-refractivity contribution in [3.63, 3.8) is 0 Å². The van der Waals surface area contributed by atoms with E-state index in [4.69, 9.17) is 13.9 Å². The van der Waals surface area contributed by atoms with Crippen molar-refractivity contribution in [2.45, 2.75) is 6.92 Å². The number of benzene rings is 3. The highest BCUT2D eigenvalue weighted by Gasteiger charge is 2.15. The van der Waals surface area contributed by atoms with E-state index < -0.39 is 0 Å². The molecule has 0 fully saturated rings. The summed E-state index contributed by atoms with van der Waals surface area (Å²) in [5.41, 5.74) is 2.12. The van der Waals surface area contributed by atoms with Crippen molar-refractivity contribution in [1.29, 1.82) is 0 Å². The Kier molecular flexibility index (Phi) is 5.91. The lowest BCUT2D eigenvalue weighted by Gasteiger charge is -2.10. The zero-order valence-electron chi connectivity index (χ0n) is 17.0. The number of carbonyl (C=O) groups is 1. The number of methoxy groups -OCH3 is 1. The minimum absolute atomic E-state index is 0.111. The van der Waals surface area contributed by atoms with Crippen LogP contribution < -0.4 is 14.9 Å². The molecule has 0 radical (unpaired) electrons. The fourth-order valence-electron chi connectivity index (χ4n) is 3.34. The molecule has 4 aromatic rings. The third-order valence-electron chi connectivity index (χ3n) is 4.95. The van der Waals surface area contributed by atoms with Crippen LogP contribution in [0.4, 0.5) is 0 Å². The highest BCUT2D eigenvalue weighted by molar-refractivity contribution is 9.10. The molecule has 0 aliphatic heterocycles. The van der Waals surface area contributed by atoms with Crippen molar-refractivity contribution in [2.75, 3.05) is 13.7 Å². The zero-order valence-corrected chi connectivity index (χ0v) is 18.6. The van der Waals surface area contributed by atoms with E-state index in [2.05, 4.69) is 15.9 Å². The van der Waals surface area contributed by atoms with Crippen molar-refractivity contribution in [3.05, 3.63) is 92.7 Å². The lowest BCUT2D eigenvalue weighted by Crippen LogP contribution is -2.12. The highest BCUT2D eigenvalue weighted by atomic mass is 79.9. The molecule has 1 aromatic heterocycles. The molecule has 0 amide bonds. The second-order valence-electron chi connectivity index (χ2n) is 6.97. The van der Waals surface area contributed by atoms with E-state index >= 15 is 0 Å². The summed E-state index contributed by atoms with van der Waals surface area (Å²) in [6.45, 7) is 1.64. The maximum absolute atomic E-state index is 13.1. The SMILES string of the molecule is COc1ccc(-c2c(C)oc3cc(OCC(=O)c4ccc(Br)cc4)ccc3c2=O)cc1. The Morgan fingerprint density at radius 3 is 2.32 bits per heavy atom. The Morgan fingerprint density at radius 1 is 0.968 bits per heavy atom. The van der Waals surface area contributed by atoms with Gasteiger partial charge in [-0.25, -0.2) is 0 Å². The van der Waals surface area contributed by atoms with E-state index in [1.165, 1.54) is 0 Å². The van der Waals surface area contributed by atoms with Gasteiger partial charge >= 0.3 is 0 Å². The van der Waals surface area contributed by atoms with Crippen molar-refractivity contribution in [1.82, 2.24) is 0 Å². The van der Waals surface area contributed by atoms with Gasteiger partial charge in [0.25, 0.3) is 0 Å². The predicted molar refractivity (Wildman–Crippen MR) is 123 cm³/mol. The molecule has 0 saturated heterocycles. The van der Waals surface area contributed by atoms with E-state index in [0.29, 0.717) is 39.4 Å². The van der Waals surface area contributed by atoms with Gasteiger partial charge in [0.05, 0.1) is 18.1 Å². The second kappa shape index (κ2) is 8.78. The number of ether oxygens (including phenoxy) is 2. The Hall–Kier alpha value is -3.38. The molecule has 0 saturated carbocycles. The fourth-order valence-corrected chi connectivity index (χ4v) is 3.60. The number of fused-ring (bicyclic) bond motifs is 1. The summed E-state index contributed by atoms with van der Waals surface area (Å²) in [4.78, 5) is 25.4. The highest BCUT2D eigenvalue weighted by Crippen LogP contribution is 2.27. The van der Waals surface area contributed by atoms with E-state index in [1.807, 2.05) is 12.1 Å². The van der Waals surface area contributed by atoms with Gasteiger partial charge in [0.1, 0.15) is 22.8 Å². The monoisotopic (exact) mass is 478 g/mol. The van der Waals surface area contributed by atoms with Gasteiger partial charge in [-0.3, -0.25) is 9.59 Å². The quantitative estimate of drug-likeness (QED) is 0.327. The first-order valence-electron chi connectivity index (χ1n) is 9.59. The smallest absolute Gasteiger partial charge is 0.200 e. The average molecular weight is 479 g/mol. The summed E-state index contributed by atoms with van der Waals surface area (Å²) >= 11 is 3.35. The first kappa shape index (κ1) is 20.9. The Labute approximate surface area is 187 Å². The Bertz CT molecular complexity index is 1310. The van der Waals surface area contributed by atoms with E-state index in [9.17, 15) is 9.59 Å².